The summed E-state index contributed by atoms with van der Waals surface area (Å²) in [7, 11) is 3.17. The van der Waals surface area contributed by atoms with Crippen molar-refractivity contribution < 1.29 is 9.47 Å². The molecule has 0 bridgehead atoms. The van der Waals surface area contributed by atoms with Crippen molar-refractivity contribution in [3.63, 3.8) is 0 Å². The molecule has 0 spiro atoms. The minimum atomic E-state index is -0.471. The molecule has 0 aliphatic rings. The maximum Gasteiger partial charge on any atom is 0.212 e. The van der Waals surface area contributed by atoms with Gasteiger partial charge in [-0.2, -0.15) is 5.26 Å². The molecular formula is C15H15N3O2. The molecule has 1 N–H and O–H groups in total. The van der Waals surface area contributed by atoms with Crippen molar-refractivity contribution in [1.29, 1.82) is 5.26 Å². The molecule has 20 heavy (non-hydrogen) atoms. The Balaban J connectivity index is 2.13. The smallest absolute Gasteiger partial charge is 0.212 e. The highest BCUT2D eigenvalue weighted by Gasteiger charge is 2.11. The predicted octanol–water partition coefficient (Wildman–Crippen LogP) is 2.78. The molecule has 1 unspecified atom stereocenters. The van der Waals surface area contributed by atoms with Crippen LogP contribution in [0.25, 0.3) is 0 Å². The number of anilines is 1. The Kier molecular flexibility index (Phi) is 4.40. The number of hydrogen-bond acceptors (Lipinski definition) is 5. The van der Waals surface area contributed by atoms with Crippen molar-refractivity contribution >= 4 is 5.69 Å². The van der Waals surface area contributed by atoms with Crippen LogP contribution in [0.4, 0.5) is 5.69 Å². The van der Waals surface area contributed by atoms with Crippen LogP contribution in [0.15, 0.2) is 42.6 Å². The number of hydrogen-bond donors (Lipinski definition) is 1. The SMILES string of the molecule is COc1ccc(NC(C#N)c2ccc(OC)nc2)cc1. The number of pyridine rings is 1. The molecule has 0 aliphatic carbocycles. The number of nitriles is 1. The van der Waals surface area contributed by atoms with E-state index >= 15 is 0 Å². The van der Waals surface area contributed by atoms with Gasteiger partial charge < -0.3 is 14.8 Å². The van der Waals surface area contributed by atoms with Crippen LogP contribution in [0.3, 0.4) is 0 Å². The van der Waals surface area contributed by atoms with Crippen LogP contribution in [0.5, 0.6) is 11.6 Å². The third-order valence-corrected chi connectivity index (χ3v) is 2.83. The van der Waals surface area contributed by atoms with E-state index in [4.69, 9.17) is 9.47 Å². The van der Waals surface area contributed by atoms with Crippen LogP contribution in [-0.2, 0) is 0 Å². The summed E-state index contributed by atoms with van der Waals surface area (Å²) < 4.78 is 10.1. The zero-order valence-electron chi connectivity index (χ0n) is 11.3. The monoisotopic (exact) mass is 269 g/mol. The number of rotatable bonds is 5. The molecule has 5 nitrogen and oxygen atoms in total. The second-order valence-electron chi connectivity index (χ2n) is 4.07. The lowest BCUT2D eigenvalue weighted by Crippen LogP contribution is -2.08. The molecular weight excluding hydrogens is 254 g/mol. The maximum absolute atomic E-state index is 9.27. The molecule has 0 saturated carbocycles. The largest absolute Gasteiger partial charge is 0.497 e. The summed E-state index contributed by atoms with van der Waals surface area (Å²) in [5.41, 5.74) is 1.62. The third-order valence-electron chi connectivity index (χ3n) is 2.83. The molecule has 1 atom stereocenters. The van der Waals surface area contributed by atoms with Crippen molar-refractivity contribution in [3.05, 3.63) is 48.2 Å². The molecule has 1 aromatic heterocycles. The highest BCUT2D eigenvalue weighted by Crippen LogP contribution is 2.21. The predicted molar refractivity (Wildman–Crippen MR) is 75.8 cm³/mol. The van der Waals surface area contributed by atoms with E-state index in [1.54, 1.807) is 26.5 Å². The fourth-order valence-electron chi connectivity index (χ4n) is 1.73. The summed E-state index contributed by atoms with van der Waals surface area (Å²) in [6.07, 6.45) is 1.63. The van der Waals surface area contributed by atoms with Crippen LogP contribution in [-0.4, -0.2) is 19.2 Å². The number of nitrogens with zero attached hydrogens (tertiary/aromatic N) is 2. The molecule has 2 aromatic rings. The van der Waals surface area contributed by atoms with E-state index in [-0.39, 0.29) is 0 Å². The van der Waals surface area contributed by atoms with E-state index in [1.165, 1.54) is 0 Å². The average molecular weight is 269 g/mol. The Labute approximate surface area is 117 Å². The first kappa shape index (κ1) is 13.7. The fraction of sp³-hybridized carbons (Fsp3) is 0.200. The molecule has 1 aromatic carbocycles. The molecule has 0 amide bonds. The van der Waals surface area contributed by atoms with E-state index in [0.717, 1.165) is 17.0 Å². The van der Waals surface area contributed by atoms with Crippen molar-refractivity contribution in [1.82, 2.24) is 4.98 Å². The Morgan fingerprint density at radius 3 is 2.35 bits per heavy atom. The van der Waals surface area contributed by atoms with Crippen molar-refractivity contribution in [3.8, 4) is 17.7 Å². The summed E-state index contributed by atoms with van der Waals surface area (Å²) in [6.45, 7) is 0. The van der Waals surface area contributed by atoms with Crippen molar-refractivity contribution in [2.24, 2.45) is 0 Å². The second-order valence-corrected chi connectivity index (χ2v) is 4.07. The van der Waals surface area contributed by atoms with Gasteiger partial charge in [-0.3, -0.25) is 0 Å². The maximum atomic E-state index is 9.27. The van der Waals surface area contributed by atoms with Crippen molar-refractivity contribution in [2.75, 3.05) is 19.5 Å². The standard InChI is InChI=1S/C15H15N3O2/c1-19-13-6-4-12(5-7-13)18-14(9-16)11-3-8-15(20-2)17-10-11/h3-8,10,14,18H,1-2H3. The van der Waals surface area contributed by atoms with Crippen LogP contribution in [0.2, 0.25) is 0 Å². The Morgan fingerprint density at radius 1 is 1.10 bits per heavy atom. The van der Waals surface area contributed by atoms with Gasteiger partial charge in [0.1, 0.15) is 11.8 Å². The highest BCUT2D eigenvalue weighted by molar-refractivity contribution is 5.49. The van der Waals surface area contributed by atoms with Crippen LogP contribution >= 0.6 is 0 Å². The van der Waals surface area contributed by atoms with Crippen molar-refractivity contribution in [2.45, 2.75) is 6.04 Å². The Bertz CT molecular complexity index is 588. The Hall–Kier alpha value is -2.74. The van der Waals surface area contributed by atoms with Gasteiger partial charge >= 0.3 is 0 Å². The molecule has 2 rings (SSSR count). The number of methoxy groups -OCH3 is 2. The van der Waals surface area contributed by atoms with E-state index in [1.807, 2.05) is 30.3 Å². The van der Waals surface area contributed by atoms with Crippen LogP contribution in [0, 0.1) is 11.3 Å². The normalized spacial score (nSPS) is 11.2. The summed E-state index contributed by atoms with van der Waals surface area (Å²) >= 11 is 0. The average Bonchev–Trinajstić information content (AvgIpc) is 2.53. The van der Waals surface area contributed by atoms with Gasteiger partial charge in [0.15, 0.2) is 0 Å². The summed E-state index contributed by atoms with van der Waals surface area (Å²) in [6, 6.07) is 12.7. The van der Waals surface area contributed by atoms with E-state index in [9.17, 15) is 5.26 Å². The number of nitrogens with one attached hydrogen (secondary N) is 1. The van der Waals surface area contributed by atoms with Gasteiger partial charge in [-0.1, -0.05) is 0 Å². The third kappa shape index (κ3) is 3.18. The van der Waals surface area contributed by atoms with E-state index in [2.05, 4.69) is 16.4 Å². The molecule has 0 saturated heterocycles. The highest BCUT2D eigenvalue weighted by atomic mass is 16.5. The molecule has 1 heterocycles. The zero-order valence-corrected chi connectivity index (χ0v) is 11.3. The van der Waals surface area contributed by atoms with Gasteiger partial charge in [0, 0.05) is 23.5 Å². The molecule has 0 radical (unpaired) electrons. The second kappa shape index (κ2) is 6.43. The number of aromatic nitrogens is 1. The van der Waals surface area contributed by atoms with Gasteiger partial charge in [0.25, 0.3) is 0 Å². The molecule has 5 heteroatoms. The first-order valence-electron chi connectivity index (χ1n) is 6.07. The van der Waals surface area contributed by atoms with Gasteiger partial charge in [0.05, 0.1) is 20.3 Å². The first-order valence-corrected chi connectivity index (χ1v) is 6.07. The van der Waals surface area contributed by atoms with E-state index < -0.39 is 6.04 Å². The number of ether oxygens (including phenoxy) is 2. The zero-order chi connectivity index (χ0) is 14.4. The molecule has 102 valence electrons. The summed E-state index contributed by atoms with van der Waals surface area (Å²) in [4.78, 5) is 4.10. The quantitative estimate of drug-likeness (QED) is 0.904. The van der Waals surface area contributed by atoms with Gasteiger partial charge in [-0.05, 0) is 30.3 Å². The lowest BCUT2D eigenvalue weighted by Gasteiger charge is -2.13. The van der Waals surface area contributed by atoms with Gasteiger partial charge in [-0.25, -0.2) is 4.98 Å². The number of benzene rings is 1. The summed E-state index contributed by atoms with van der Waals surface area (Å²) in [5, 5.41) is 12.4. The molecule has 0 fully saturated rings. The topological polar surface area (TPSA) is 67.2 Å². The van der Waals surface area contributed by atoms with Gasteiger partial charge in [0.2, 0.25) is 5.88 Å². The lowest BCUT2D eigenvalue weighted by atomic mass is 10.1. The van der Waals surface area contributed by atoms with Crippen LogP contribution < -0.4 is 14.8 Å². The molecule has 0 aliphatic heterocycles. The van der Waals surface area contributed by atoms with Crippen LogP contribution in [0.1, 0.15) is 11.6 Å². The van der Waals surface area contributed by atoms with Gasteiger partial charge in [-0.15, -0.1) is 0 Å². The van der Waals surface area contributed by atoms with E-state index in [0.29, 0.717) is 5.88 Å². The Morgan fingerprint density at radius 2 is 1.85 bits per heavy atom. The minimum absolute atomic E-state index is 0.471. The lowest BCUT2D eigenvalue weighted by molar-refractivity contribution is 0.397. The minimum Gasteiger partial charge on any atom is -0.497 e. The first-order chi connectivity index (χ1) is 9.76. The fourth-order valence-corrected chi connectivity index (χ4v) is 1.73. The summed E-state index contributed by atoms with van der Waals surface area (Å²) in [5.74, 6) is 1.30.